The van der Waals surface area contributed by atoms with E-state index in [-0.39, 0.29) is 0 Å². The Kier molecular flexibility index (Phi) is 6.48. The number of hydrogen-bond donors (Lipinski definition) is 1. The monoisotopic (exact) mass is 251 g/mol. The Bertz CT molecular complexity index is 343. The third-order valence-electron chi connectivity index (χ3n) is 3.92. The van der Waals surface area contributed by atoms with Crippen LogP contribution in [0.5, 0.6) is 0 Å². The highest BCUT2D eigenvalue weighted by molar-refractivity contribution is 5.24. The van der Waals surface area contributed by atoms with Crippen LogP contribution in [0.15, 0.2) is 10.5 Å². The van der Waals surface area contributed by atoms with Crippen molar-refractivity contribution in [3.8, 4) is 0 Å². The molecule has 2 heteroatoms. The van der Waals surface area contributed by atoms with Crippen LogP contribution in [0.2, 0.25) is 0 Å². The van der Waals surface area contributed by atoms with Crippen molar-refractivity contribution in [3.05, 3.63) is 23.2 Å². The van der Waals surface area contributed by atoms with Gasteiger partial charge in [0.2, 0.25) is 0 Å². The second kappa shape index (κ2) is 7.63. The van der Waals surface area contributed by atoms with Crippen molar-refractivity contribution in [2.24, 2.45) is 5.92 Å². The lowest BCUT2D eigenvalue weighted by Crippen LogP contribution is -2.20. The van der Waals surface area contributed by atoms with Gasteiger partial charge in [-0.25, -0.2) is 0 Å². The fourth-order valence-corrected chi connectivity index (χ4v) is 2.71. The summed E-state index contributed by atoms with van der Waals surface area (Å²) in [4.78, 5) is 0. The summed E-state index contributed by atoms with van der Waals surface area (Å²) in [5.74, 6) is 2.90. The minimum atomic E-state index is 0.434. The summed E-state index contributed by atoms with van der Waals surface area (Å²) in [5.41, 5.74) is 1.34. The maximum absolute atomic E-state index is 5.65. The zero-order chi connectivity index (χ0) is 13.5. The molecule has 1 N–H and O–H groups in total. The molecule has 2 unspecified atom stereocenters. The molecule has 104 valence electrons. The van der Waals surface area contributed by atoms with Crippen LogP contribution in [0, 0.1) is 19.8 Å². The first kappa shape index (κ1) is 15.3. The Morgan fingerprint density at radius 3 is 2.44 bits per heavy atom. The molecule has 1 aromatic rings. The third-order valence-corrected chi connectivity index (χ3v) is 3.92. The van der Waals surface area contributed by atoms with Crippen LogP contribution < -0.4 is 5.32 Å². The summed E-state index contributed by atoms with van der Waals surface area (Å²) in [6, 6.07) is 2.62. The van der Waals surface area contributed by atoms with E-state index in [4.69, 9.17) is 4.42 Å². The normalized spacial score (nSPS) is 14.7. The van der Waals surface area contributed by atoms with Crippen molar-refractivity contribution in [2.45, 2.75) is 65.8 Å². The number of aryl methyl sites for hydroxylation is 2. The summed E-state index contributed by atoms with van der Waals surface area (Å²) >= 11 is 0. The van der Waals surface area contributed by atoms with Crippen molar-refractivity contribution in [1.29, 1.82) is 0 Å². The van der Waals surface area contributed by atoms with Gasteiger partial charge in [0.15, 0.2) is 0 Å². The summed E-state index contributed by atoms with van der Waals surface area (Å²) in [7, 11) is 2.05. The Morgan fingerprint density at radius 2 is 2.00 bits per heavy atom. The van der Waals surface area contributed by atoms with Crippen LogP contribution in [0.1, 0.15) is 69.1 Å². The van der Waals surface area contributed by atoms with Crippen molar-refractivity contribution in [3.63, 3.8) is 0 Å². The van der Waals surface area contributed by atoms with Gasteiger partial charge in [-0.2, -0.15) is 0 Å². The van der Waals surface area contributed by atoms with Gasteiger partial charge < -0.3 is 9.73 Å². The minimum absolute atomic E-state index is 0.434. The predicted molar refractivity (Wildman–Crippen MR) is 77.9 cm³/mol. The molecule has 0 aliphatic rings. The molecule has 0 saturated carbocycles. The summed E-state index contributed by atoms with van der Waals surface area (Å²) < 4.78 is 5.65. The van der Waals surface area contributed by atoms with E-state index in [2.05, 4.69) is 39.2 Å². The zero-order valence-electron chi connectivity index (χ0n) is 12.7. The second-order valence-electron chi connectivity index (χ2n) is 5.36. The Balaban J connectivity index is 2.68. The van der Waals surface area contributed by atoms with E-state index in [9.17, 15) is 0 Å². The molecule has 0 amide bonds. The van der Waals surface area contributed by atoms with E-state index in [0.717, 1.165) is 17.4 Å². The lowest BCUT2D eigenvalue weighted by Gasteiger charge is -2.22. The first-order chi connectivity index (χ1) is 8.62. The molecule has 0 bridgehead atoms. The SMILES string of the molecule is CCCCC(CC)CC(NC)c1cc(C)oc1C. The van der Waals surface area contributed by atoms with Crippen LogP contribution >= 0.6 is 0 Å². The van der Waals surface area contributed by atoms with E-state index >= 15 is 0 Å². The van der Waals surface area contributed by atoms with Crippen LogP contribution in [0.4, 0.5) is 0 Å². The highest BCUT2D eigenvalue weighted by atomic mass is 16.3. The molecule has 1 aromatic heterocycles. The Labute approximate surface area is 112 Å². The number of nitrogens with one attached hydrogen (secondary N) is 1. The van der Waals surface area contributed by atoms with Gasteiger partial charge in [-0.1, -0.05) is 39.5 Å². The van der Waals surface area contributed by atoms with Gasteiger partial charge >= 0.3 is 0 Å². The molecule has 0 spiro atoms. The van der Waals surface area contributed by atoms with Crippen LogP contribution in [0.3, 0.4) is 0 Å². The average molecular weight is 251 g/mol. The smallest absolute Gasteiger partial charge is 0.105 e. The molecule has 1 heterocycles. The topological polar surface area (TPSA) is 25.2 Å². The fraction of sp³-hybridized carbons (Fsp3) is 0.750. The standard InChI is InChI=1S/C16H29NO/c1-6-8-9-14(7-2)11-16(17-5)15-10-12(3)18-13(15)4/h10,14,16-17H,6-9,11H2,1-5H3. The van der Waals surface area contributed by atoms with Gasteiger partial charge in [0.05, 0.1) is 0 Å². The molecule has 2 nitrogen and oxygen atoms in total. The summed E-state index contributed by atoms with van der Waals surface area (Å²) in [6.07, 6.45) is 6.48. The highest BCUT2D eigenvalue weighted by Gasteiger charge is 2.19. The number of hydrogen-bond acceptors (Lipinski definition) is 2. The van der Waals surface area contributed by atoms with Gasteiger partial charge in [0, 0.05) is 11.6 Å². The second-order valence-corrected chi connectivity index (χ2v) is 5.36. The van der Waals surface area contributed by atoms with Gasteiger partial charge in [0.1, 0.15) is 11.5 Å². The van der Waals surface area contributed by atoms with E-state index in [1.807, 2.05) is 6.92 Å². The molecule has 2 atom stereocenters. The van der Waals surface area contributed by atoms with Crippen molar-refractivity contribution in [2.75, 3.05) is 7.05 Å². The largest absolute Gasteiger partial charge is 0.466 e. The van der Waals surface area contributed by atoms with Crippen LogP contribution in [0.25, 0.3) is 0 Å². The van der Waals surface area contributed by atoms with Gasteiger partial charge in [-0.05, 0) is 39.3 Å². The van der Waals surface area contributed by atoms with E-state index in [0.29, 0.717) is 6.04 Å². The first-order valence-electron chi connectivity index (χ1n) is 7.36. The van der Waals surface area contributed by atoms with E-state index in [1.54, 1.807) is 0 Å². The molecule has 0 radical (unpaired) electrons. The lowest BCUT2D eigenvalue weighted by molar-refractivity contribution is 0.361. The average Bonchev–Trinajstić information content (AvgIpc) is 2.69. The van der Waals surface area contributed by atoms with Gasteiger partial charge in [0.25, 0.3) is 0 Å². The quantitative estimate of drug-likeness (QED) is 0.720. The molecule has 0 aliphatic heterocycles. The third kappa shape index (κ3) is 4.16. The van der Waals surface area contributed by atoms with Crippen LogP contribution in [-0.2, 0) is 0 Å². The first-order valence-corrected chi connectivity index (χ1v) is 7.36. The molecule has 0 aliphatic carbocycles. The van der Waals surface area contributed by atoms with Crippen molar-refractivity contribution < 1.29 is 4.42 Å². The molecular weight excluding hydrogens is 222 g/mol. The van der Waals surface area contributed by atoms with E-state index < -0.39 is 0 Å². The van der Waals surface area contributed by atoms with Gasteiger partial charge in [-0.3, -0.25) is 0 Å². The summed E-state index contributed by atoms with van der Waals surface area (Å²) in [5, 5.41) is 3.45. The van der Waals surface area contributed by atoms with Crippen molar-refractivity contribution >= 4 is 0 Å². The minimum Gasteiger partial charge on any atom is -0.466 e. The zero-order valence-corrected chi connectivity index (χ0v) is 12.7. The lowest BCUT2D eigenvalue weighted by atomic mass is 9.89. The molecule has 1 rings (SSSR count). The molecular formula is C16H29NO. The molecule has 0 saturated heterocycles. The Hall–Kier alpha value is -0.760. The predicted octanol–water partition coefficient (Wildman–Crippen LogP) is 4.76. The number of furan rings is 1. The number of unbranched alkanes of at least 4 members (excludes halogenated alkanes) is 1. The number of rotatable bonds is 8. The van der Waals surface area contributed by atoms with Crippen LogP contribution in [-0.4, -0.2) is 7.05 Å². The molecule has 0 fully saturated rings. The van der Waals surface area contributed by atoms with Crippen molar-refractivity contribution in [1.82, 2.24) is 5.32 Å². The highest BCUT2D eigenvalue weighted by Crippen LogP contribution is 2.29. The van der Waals surface area contributed by atoms with E-state index in [1.165, 1.54) is 37.7 Å². The maximum Gasteiger partial charge on any atom is 0.105 e. The fourth-order valence-electron chi connectivity index (χ4n) is 2.71. The summed E-state index contributed by atoms with van der Waals surface area (Å²) in [6.45, 7) is 8.67. The maximum atomic E-state index is 5.65. The van der Waals surface area contributed by atoms with Gasteiger partial charge in [-0.15, -0.1) is 0 Å². The Morgan fingerprint density at radius 1 is 1.28 bits per heavy atom. The molecule has 0 aromatic carbocycles. The molecule has 18 heavy (non-hydrogen) atoms.